The Morgan fingerprint density at radius 2 is 1.95 bits per heavy atom. The molecule has 0 aromatic heterocycles. The van der Waals surface area contributed by atoms with Crippen LogP contribution in [0.4, 0.5) is 0 Å². The van der Waals surface area contributed by atoms with Gasteiger partial charge in [-0.3, -0.25) is 4.79 Å². The zero-order valence-corrected chi connectivity index (χ0v) is 13.8. The van der Waals surface area contributed by atoms with Gasteiger partial charge in [0.15, 0.2) is 0 Å². The summed E-state index contributed by atoms with van der Waals surface area (Å²) in [4.78, 5) is 14.0. The highest BCUT2D eigenvalue weighted by Gasteiger charge is 2.26. The number of amides is 1. The number of hydrogen-bond donors (Lipinski definition) is 0. The van der Waals surface area contributed by atoms with E-state index in [2.05, 4.69) is 19.9 Å². The Morgan fingerprint density at radius 1 is 1.23 bits per heavy atom. The highest BCUT2D eigenvalue weighted by Crippen LogP contribution is 2.31. The van der Waals surface area contributed by atoms with Gasteiger partial charge in [-0.15, -0.1) is 0 Å². The first kappa shape index (κ1) is 16.1. The zero-order chi connectivity index (χ0) is 16.3. The van der Waals surface area contributed by atoms with E-state index < -0.39 is 0 Å². The largest absolute Gasteiger partial charge is 0.497 e. The lowest BCUT2D eigenvalue weighted by molar-refractivity contribution is -0.123. The van der Waals surface area contributed by atoms with Crippen LogP contribution in [0.1, 0.15) is 26.3 Å². The maximum Gasteiger partial charge on any atom is 0.251 e. The number of hydrogen-bond acceptors (Lipinski definition) is 3. The molecule has 0 saturated heterocycles. The molecule has 22 heavy (non-hydrogen) atoms. The molecule has 1 aromatic carbocycles. The molecule has 4 heteroatoms. The molecule has 1 aliphatic rings. The molecule has 0 radical (unpaired) electrons. The first-order valence-corrected chi connectivity index (χ1v) is 7.39. The Hall–Kier alpha value is -2.23. The Kier molecular flexibility index (Phi) is 4.91. The van der Waals surface area contributed by atoms with Crippen LogP contribution in [0, 0.1) is 5.92 Å². The molecular weight excluding hydrogens is 278 g/mol. The lowest BCUT2D eigenvalue weighted by atomic mass is 10.1. The third-order valence-corrected chi connectivity index (χ3v) is 3.61. The molecule has 1 aromatic rings. The first-order valence-electron chi connectivity index (χ1n) is 7.39. The molecule has 1 amide bonds. The topological polar surface area (TPSA) is 38.8 Å². The van der Waals surface area contributed by atoms with Gasteiger partial charge in [-0.1, -0.05) is 19.9 Å². The average Bonchev–Trinajstić information content (AvgIpc) is 2.74. The van der Waals surface area contributed by atoms with Crippen LogP contribution in [0.25, 0.3) is 0 Å². The van der Waals surface area contributed by atoms with Gasteiger partial charge in [0.2, 0.25) is 0 Å². The van der Waals surface area contributed by atoms with Crippen LogP contribution in [0.3, 0.4) is 0 Å². The van der Waals surface area contributed by atoms with Crippen molar-refractivity contribution in [1.82, 2.24) is 4.90 Å². The maximum atomic E-state index is 12.2. The summed E-state index contributed by atoms with van der Waals surface area (Å²) in [6, 6.07) is 5.65. The normalized spacial score (nSPS) is 16.5. The smallest absolute Gasteiger partial charge is 0.251 e. The molecule has 0 aliphatic carbocycles. The number of nitrogens with zero attached hydrogens (tertiary/aromatic N) is 1. The van der Waals surface area contributed by atoms with E-state index in [0.29, 0.717) is 12.5 Å². The third-order valence-electron chi connectivity index (χ3n) is 3.61. The number of methoxy groups -OCH3 is 2. The lowest BCUT2D eigenvalue weighted by Gasteiger charge is -2.22. The van der Waals surface area contributed by atoms with E-state index in [0.717, 1.165) is 28.3 Å². The van der Waals surface area contributed by atoms with E-state index in [1.165, 1.54) is 0 Å². The third kappa shape index (κ3) is 3.32. The molecule has 0 fully saturated rings. The number of carbonyl (C=O) groups excluding carboxylic acids is 1. The monoisotopic (exact) mass is 301 g/mol. The zero-order valence-electron chi connectivity index (χ0n) is 13.8. The molecular formula is C18H23NO3. The van der Waals surface area contributed by atoms with Crippen LogP contribution < -0.4 is 9.47 Å². The van der Waals surface area contributed by atoms with Crippen LogP contribution in [-0.4, -0.2) is 25.0 Å². The Labute approximate surface area is 132 Å². The predicted molar refractivity (Wildman–Crippen MR) is 86.8 cm³/mol. The van der Waals surface area contributed by atoms with Crippen LogP contribution in [-0.2, 0) is 11.3 Å². The Balaban J connectivity index is 2.31. The summed E-state index contributed by atoms with van der Waals surface area (Å²) >= 11 is 0. The van der Waals surface area contributed by atoms with Crippen molar-refractivity contribution in [1.29, 1.82) is 0 Å². The molecule has 1 aliphatic heterocycles. The summed E-state index contributed by atoms with van der Waals surface area (Å²) in [5, 5.41) is 0. The molecule has 0 unspecified atom stereocenters. The Bertz CT molecular complexity index is 629. The van der Waals surface area contributed by atoms with E-state index in [1.54, 1.807) is 25.2 Å². The number of rotatable bonds is 5. The highest BCUT2D eigenvalue weighted by molar-refractivity contribution is 5.94. The van der Waals surface area contributed by atoms with Gasteiger partial charge >= 0.3 is 0 Å². The second kappa shape index (κ2) is 6.69. The van der Waals surface area contributed by atoms with Gasteiger partial charge in [-0.05, 0) is 30.5 Å². The van der Waals surface area contributed by atoms with Crippen LogP contribution in [0.15, 0.2) is 41.6 Å². The van der Waals surface area contributed by atoms with Crippen LogP contribution >= 0.6 is 0 Å². The fourth-order valence-corrected chi connectivity index (χ4v) is 2.52. The quantitative estimate of drug-likeness (QED) is 0.835. The number of benzene rings is 1. The minimum Gasteiger partial charge on any atom is -0.497 e. The SMILES string of the molecule is COc1ccc(CN2C(=O)C=C(C)/C2=C\C(C)C)c(OC)c1. The van der Waals surface area contributed by atoms with Gasteiger partial charge in [-0.2, -0.15) is 0 Å². The summed E-state index contributed by atoms with van der Waals surface area (Å²) in [7, 11) is 3.24. The van der Waals surface area contributed by atoms with Crippen molar-refractivity contribution in [3.63, 3.8) is 0 Å². The van der Waals surface area contributed by atoms with Gasteiger partial charge in [-0.25, -0.2) is 0 Å². The van der Waals surface area contributed by atoms with Crippen molar-refractivity contribution < 1.29 is 14.3 Å². The van der Waals surface area contributed by atoms with Crippen molar-refractivity contribution in [2.75, 3.05) is 14.2 Å². The summed E-state index contributed by atoms with van der Waals surface area (Å²) in [5.74, 6) is 1.85. The van der Waals surface area contributed by atoms with E-state index in [4.69, 9.17) is 9.47 Å². The number of ether oxygens (including phenoxy) is 2. The van der Waals surface area contributed by atoms with E-state index in [-0.39, 0.29) is 5.91 Å². The molecule has 0 saturated carbocycles. The van der Waals surface area contributed by atoms with Crippen molar-refractivity contribution in [3.05, 3.63) is 47.2 Å². The van der Waals surface area contributed by atoms with E-state index >= 15 is 0 Å². The van der Waals surface area contributed by atoms with E-state index in [1.807, 2.05) is 25.1 Å². The Morgan fingerprint density at radius 3 is 2.55 bits per heavy atom. The second-order valence-electron chi connectivity index (χ2n) is 5.73. The van der Waals surface area contributed by atoms with Gasteiger partial charge in [0.25, 0.3) is 5.91 Å². The molecule has 4 nitrogen and oxygen atoms in total. The van der Waals surface area contributed by atoms with E-state index in [9.17, 15) is 4.79 Å². The minimum absolute atomic E-state index is 0.0160. The van der Waals surface area contributed by atoms with Crippen molar-refractivity contribution in [2.24, 2.45) is 5.92 Å². The maximum absolute atomic E-state index is 12.2. The molecule has 0 bridgehead atoms. The first-order chi connectivity index (χ1) is 10.5. The summed E-state index contributed by atoms with van der Waals surface area (Å²) in [6.45, 7) is 6.67. The number of carbonyl (C=O) groups is 1. The predicted octanol–water partition coefficient (Wildman–Crippen LogP) is 3.53. The average molecular weight is 301 g/mol. The standard InChI is InChI=1S/C18H23NO3/c1-12(2)8-16-13(3)9-18(20)19(16)11-14-6-7-15(21-4)10-17(14)22-5/h6-10,12H,11H2,1-5H3/b16-8+. The van der Waals surface area contributed by atoms with Crippen molar-refractivity contribution in [3.8, 4) is 11.5 Å². The van der Waals surface area contributed by atoms with Crippen molar-refractivity contribution in [2.45, 2.75) is 27.3 Å². The summed E-state index contributed by atoms with van der Waals surface area (Å²) in [5.41, 5.74) is 2.94. The lowest BCUT2D eigenvalue weighted by Crippen LogP contribution is -2.24. The molecule has 1 heterocycles. The minimum atomic E-state index is 0.0160. The number of allylic oxidation sites excluding steroid dienone is 2. The van der Waals surface area contributed by atoms with Crippen molar-refractivity contribution >= 4 is 5.91 Å². The van der Waals surface area contributed by atoms with Crippen LogP contribution in [0.5, 0.6) is 11.5 Å². The second-order valence-corrected chi connectivity index (χ2v) is 5.73. The van der Waals surface area contributed by atoms with Gasteiger partial charge in [0.05, 0.1) is 20.8 Å². The molecule has 0 atom stereocenters. The van der Waals surface area contributed by atoms with Gasteiger partial charge in [0.1, 0.15) is 11.5 Å². The van der Waals surface area contributed by atoms with Gasteiger partial charge < -0.3 is 14.4 Å². The fourth-order valence-electron chi connectivity index (χ4n) is 2.52. The van der Waals surface area contributed by atoms with Gasteiger partial charge in [0, 0.05) is 23.4 Å². The molecule has 0 spiro atoms. The molecule has 0 N–H and O–H groups in total. The summed E-state index contributed by atoms with van der Waals surface area (Å²) < 4.78 is 10.6. The summed E-state index contributed by atoms with van der Waals surface area (Å²) in [6.07, 6.45) is 3.80. The molecule has 2 rings (SSSR count). The van der Waals surface area contributed by atoms with Crippen LogP contribution in [0.2, 0.25) is 0 Å². The highest BCUT2D eigenvalue weighted by atomic mass is 16.5. The molecule has 118 valence electrons. The fraction of sp³-hybridized carbons (Fsp3) is 0.389.